The van der Waals surface area contributed by atoms with Gasteiger partial charge in [0.2, 0.25) is 5.91 Å². The number of hydrogen-bond acceptors (Lipinski definition) is 4. The smallest absolute Gasteiger partial charge is 0.305 e. The number of fused-ring (bicyclic) bond motifs is 1. The van der Waals surface area contributed by atoms with Crippen LogP contribution in [0.2, 0.25) is 0 Å². The van der Waals surface area contributed by atoms with E-state index in [-0.39, 0.29) is 23.7 Å². The van der Waals surface area contributed by atoms with Crippen molar-refractivity contribution in [2.45, 2.75) is 32.6 Å². The fourth-order valence-corrected chi connectivity index (χ4v) is 3.78. The molecule has 2 aromatic carbocycles. The second-order valence-corrected chi connectivity index (χ2v) is 7.32. The van der Waals surface area contributed by atoms with Crippen molar-refractivity contribution in [2.75, 3.05) is 26.2 Å². The molecule has 1 heterocycles. The normalized spacial score (nSPS) is 16.4. The van der Waals surface area contributed by atoms with E-state index in [4.69, 9.17) is 4.74 Å². The summed E-state index contributed by atoms with van der Waals surface area (Å²) < 4.78 is 4.88. The van der Waals surface area contributed by atoms with Crippen molar-refractivity contribution in [3.63, 3.8) is 0 Å². The number of rotatable bonds is 7. The monoisotopic (exact) mass is 396 g/mol. The van der Waals surface area contributed by atoms with Crippen molar-refractivity contribution in [3.8, 4) is 0 Å². The zero-order chi connectivity index (χ0) is 20.6. The number of ether oxygens (including phenoxy) is 1. The Bertz CT molecular complexity index is 875. The Labute approximate surface area is 171 Å². The molecule has 0 aromatic heterocycles. The standard InChI is InChI=1S/C23H28N2O4/c1-2-29-21(26)13-6-14-24-22(27)18-10-7-15-25(16-18)23(28)20-12-5-9-17-8-3-4-11-19(17)20/h3-5,8-9,11-12,18H,2,6-7,10,13-16H2,1H3,(H,24,27). The van der Waals surface area contributed by atoms with E-state index in [2.05, 4.69) is 5.32 Å². The Balaban J connectivity index is 1.56. The second kappa shape index (κ2) is 10.0. The number of piperidine rings is 1. The summed E-state index contributed by atoms with van der Waals surface area (Å²) in [5.74, 6) is -0.539. The maximum Gasteiger partial charge on any atom is 0.305 e. The van der Waals surface area contributed by atoms with Crippen LogP contribution in [-0.4, -0.2) is 48.9 Å². The first-order chi connectivity index (χ1) is 14.1. The van der Waals surface area contributed by atoms with Gasteiger partial charge in [-0.15, -0.1) is 0 Å². The molecule has 2 aromatic rings. The minimum absolute atomic E-state index is 0.0263. The summed E-state index contributed by atoms with van der Waals surface area (Å²) in [5, 5.41) is 4.86. The molecule has 1 aliphatic heterocycles. The molecular weight excluding hydrogens is 368 g/mol. The maximum absolute atomic E-state index is 13.1. The topological polar surface area (TPSA) is 75.7 Å². The van der Waals surface area contributed by atoms with Crippen LogP contribution in [0.5, 0.6) is 0 Å². The lowest BCUT2D eigenvalue weighted by Gasteiger charge is -2.32. The SMILES string of the molecule is CCOC(=O)CCCNC(=O)C1CCCN(C(=O)c2cccc3ccccc23)C1. The van der Waals surface area contributed by atoms with Gasteiger partial charge < -0.3 is 15.0 Å². The van der Waals surface area contributed by atoms with E-state index in [0.717, 1.165) is 23.6 Å². The van der Waals surface area contributed by atoms with Gasteiger partial charge in [0, 0.05) is 31.6 Å². The van der Waals surface area contributed by atoms with Crippen molar-refractivity contribution in [2.24, 2.45) is 5.92 Å². The summed E-state index contributed by atoms with van der Waals surface area (Å²) in [5.41, 5.74) is 0.679. The highest BCUT2D eigenvalue weighted by Crippen LogP contribution is 2.23. The molecule has 0 bridgehead atoms. The fraction of sp³-hybridized carbons (Fsp3) is 0.435. The maximum atomic E-state index is 13.1. The van der Waals surface area contributed by atoms with Gasteiger partial charge in [-0.25, -0.2) is 0 Å². The third-order valence-corrected chi connectivity index (χ3v) is 5.26. The number of amides is 2. The summed E-state index contributed by atoms with van der Waals surface area (Å²) in [7, 11) is 0. The Kier molecular flexibility index (Phi) is 7.22. The van der Waals surface area contributed by atoms with Crippen molar-refractivity contribution >= 4 is 28.6 Å². The average molecular weight is 396 g/mol. The number of esters is 1. The largest absolute Gasteiger partial charge is 0.466 e. The number of benzene rings is 2. The van der Waals surface area contributed by atoms with E-state index in [9.17, 15) is 14.4 Å². The zero-order valence-corrected chi connectivity index (χ0v) is 16.9. The number of likely N-dealkylation sites (tertiary alicyclic amines) is 1. The molecular formula is C23H28N2O4. The predicted molar refractivity (Wildman–Crippen MR) is 111 cm³/mol. The molecule has 0 radical (unpaired) electrons. The van der Waals surface area contributed by atoms with Crippen LogP contribution in [0.4, 0.5) is 0 Å². The number of carbonyl (C=O) groups is 3. The van der Waals surface area contributed by atoms with Crippen LogP contribution in [-0.2, 0) is 14.3 Å². The third-order valence-electron chi connectivity index (χ3n) is 5.26. The van der Waals surface area contributed by atoms with Crippen molar-refractivity contribution in [1.82, 2.24) is 10.2 Å². The van der Waals surface area contributed by atoms with E-state index < -0.39 is 0 Å². The van der Waals surface area contributed by atoms with Crippen molar-refractivity contribution < 1.29 is 19.1 Å². The first-order valence-corrected chi connectivity index (χ1v) is 10.3. The molecule has 1 unspecified atom stereocenters. The lowest BCUT2D eigenvalue weighted by Crippen LogP contribution is -2.45. The van der Waals surface area contributed by atoms with Gasteiger partial charge >= 0.3 is 5.97 Å². The van der Waals surface area contributed by atoms with E-state index in [1.807, 2.05) is 42.5 Å². The molecule has 3 rings (SSSR count). The molecule has 6 nitrogen and oxygen atoms in total. The Hall–Kier alpha value is -2.89. The number of nitrogens with zero attached hydrogens (tertiary/aromatic N) is 1. The van der Waals surface area contributed by atoms with Gasteiger partial charge in [-0.3, -0.25) is 14.4 Å². The van der Waals surface area contributed by atoms with Gasteiger partial charge in [-0.05, 0) is 43.0 Å². The molecule has 1 saturated heterocycles. The Morgan fingerprint density at radius 2 is 1.93 bits per heavy atom. The molecule has 2 amide bonds. The molecule has 0 spiro atoms. The molecule has 6 heteroatoms. The molecule has 154 valence electrons. The first-order valence-electron chi connectivity index (χ1n) is 10.3. The van der Waals surface area contributed by atoms with Crippen LogP contribution in [0.1, 0.15) is 43.0 Å². The van der Waals surface area contributed by atoms with Crippen molar-refractivity contribution in [1.29, 1.82) is 0 Å². The summed E-state index contributed by atoms with van der Waals surface area (Å²) in [6.45, 7) is 3.66. The van der Waals surface area contributed by atoms with E-state index in [0.29, 0.717) is 44.6 Å². The number of hydrogen-bond donors (Lipinski definition) is 1. The van der Waals surface area contributed by atoms with Gasteiger partial charge in [-0.1, -0.05) is 36.4 Å². The highest BCUT2D eigenvalue weighted by atomic mass is 16.5. The lowest BCUT2D eigenvalue weighted by atomic mass is 9.95. The summed E-state index contributed by atoms with van der Waals surface area (Å²) in [6, 6.07) is 13.6. The fourth-order valence-electron chi connectivity index (χ4n) is 3.78. The van der Waals surface area contributed by atoms with Gasteiger partial charge in [0.25, 0.3) is 5.91 Å². The van der Waals surface area contributed by atoms with E-state index in [1.54, 1.807) is 11.8 Å². The highest BCUT2D eigenvalue weighted by Gasteiger charge is 2.29. The van der Waals surface area contributed by atoms with E-state index >= 15 is 0 Å². The number of carbonyl (C=O) groups excluding carboxylic acids is 3. The molecule has 1 N–H and O–H groups in total. The lowest BCUT2D eigenvalue weighted by molar-refractivity contribution is -0.143. The van der Waals surface area contributed by atoms with Crippen molar-refractivity contribution in [3.05, 3.63) is 48.0 Å². The minimum atomic E-state index is -0.244. The van der Waals surface area contributed by atoms with Gasteiger partial charge in [0.1, 0.15) is 0 Å². The molecule has 1 atom stereocenters. The zero-order valence-electron chi connectivity index (χ0n) is 16.9. The highest BCUT2D eigenvalue weighted by molar-refractivity contribution is 6.07. The molecule has 1 fully saturated rings. The quantitative estimate of drug-likeness (QED) is 0.576. The van der Waals surface area contributed by atoms with Crippen LogP contribution in [0.15, 0.2) is 42.5 Å². The van der Waals surface area contributed by atoms with Crippen LogP contribution in [0, 0.1) is 5.92 Å². The van der Waals surface area contributed by atoms with Crippen LogP contribution < -0.4 is 5.32 Å². The summed E-state index contributed by atoms with van der Waals surface area (Å²) >= 11 is 0. The van der Waals surface area contributed by atoms with E-state index in [1.165, 1.54) is 0 Å². The van der Waals surface area contributed by atoms with Crippen LogP contribution >= 0.6 is 0 Å². The molecule has 29 heavy (non-hydrogen) atoms. The molecule has 0 saturated carbocycles. The third kappa shape index (κ3) is 5.34. The minimum Gasteiger partial charge on any atom is -0.466 e. The predicted octanol–water partition coefficient (Wildman–Crippen LogP) is 3.15. The summed E-state index contributed by atoms with van der Waals surface area (Å²) in [6.07, 6.45) is 2.42. The molecule has 0 aliphatic carbocycles. The van der Waals surface area contributed by atoms with Crippen LogP contribution in [0.25, 0.3) is 10.8 Å². The Morgan fingerprint density at radius 1 is 1.14 bits per heavy atom. The second-order valence-electron chi connectivity index (χ2n) is 7.32. The Morgan fingerprint density at radius 3 is 2.76 bits per heavy atom. The molecule has 1 aliphatic rings. The number of nitrogens with one attached hydrogen (secondary N) is 1. The van der Waals surface area contributed by atoms with Crippen LogP contribution in [0.3, 0.4) is 0 Å². The average Bonchev–Trinajstić information content (AvgIpc) is 2.76. The first kappa shape index (κ1) is 20.8. The van der Waals surface area contributed by atoms with Gasteiger partial charge in [0.05, 0.1) is 12.5 Å². The summed E-state index contributed by atoms with van der Waals surface area (Å²) in [4.78, 5) is 38.8. The van der Waals surface area contributed by atoms with Gasteiger partial charge in [-0.2, -0.15) is 0 Å². The van der Waals surface area contributed by atoms with Gasteiger partial charge in [0.15, 0.2) is 0 Å².